The minimum absolute atomic E-state index is 0.0630. The quantitative estimate of drug-likeness (QED) is 0.107. The maximum Gasteiger partial charge on any atom is 0.165 e. The Hall–Kier alpha value is -7.26. The number of hydrogen-bond donors (Lipinski definition) is 0. The first-order valence-corrected chi connectivity index (χ1v) is 26.2. The summed E-state index contributed by atoms with van der Waals surface area (Å²) in [5.74, 6) is 3.26. The van der Waals surface area contributed by atoms with E-state index in [0.717, 1.165) is 72.6 Å². The molecular formula is C62H50N3OP. The number of aromatic nitrogens is 3. The maximum absolute atomic E-state index is 12.7. The molecule has 0 aliphatic heterocycles. The van der Waals surface area contributed by atoms with Crippen LogP contribution in [-0.4, -0.2) is 28.3 Å². The first-order chi connectivity index (χ1) is 32.8. The Morgan fingerprint density at radius 1 is 0.418 bits per heavy atom. The van der Waals surface area contributed by atoms with Crippen molar-refractivity contribution in [2.24, 2.45) is 11.8 Å². The minimum Gasteiger partial charge on any atom is -0.319 e. The van der Waals surface area contributed by atoms with E-state index in [9.17, 15) is 4.57 Å². The minimum atomic E-state index is -2.31. The van der Waals surface area contributed by atoms with E-state index in [1.165, 1.54) is 47.1 Å². The van der Waals surface area contributed by atoms with Gasteiger partial charge in [0.1, 0.15) is 7.14 Å². The molecule has 2 bridgehead atoms. The van der Waals surface area contributed by atoms with Crippen LogP contribution in [0.15, 0.2) is 206 Å². The predicted octanol–water partition coefficient (Wildman–Crippen LogP) is 15.5. The van der Waals surface area contributed by atoms with Crippen LogP contribution in [0.1, 0.15) is 36.8 Å². The molecule has 2 aliphatic carbocycles. The van der Waals surface area contributed by atoms with Gasteiger partial charge >= 0.3 is 0 Å². The van der Waals surface area contributed by atoms with Gasteiger partial charge in [-0.2, -0.15) is 0 Å². The molecule has 0 radical (unpaired) electrons. The Morgan fingerprint density at radius 2 is 0.866 bits per heavy atom. The molecule has 67 heavy (non-hydrogen) atoms. The molecule has 324 valence electrons. The van der Waals surface area contributed by atoms with Crippen molar-refractivity contribution in [1.29, 1.82) is 0 Å². The fraction of sp³-hybridized carbons (Fsp3) is 0.145. The van der Waals surface area contributed by atoms with Gasteiger partial charge in [0.15, 0.2) is 17.5 Å². The number of fused-ring (bicyclic) bond motifs is 4. The third-order valence-electron chi connectivity index (χ3n) is 14.8. The molecule has 1 heterocycles. The number of hydrogen-bond acceptors (Lipinski definition) is 4. The molecule has 12 rings (SSSR count). The Bertz CT molecular complexity index is 3450. The van der Waals surface area contributed by atoms with Crippen LogP contribution in [0.5, 0.6) is 0 Å². The molecule has 3 unspecified atom stereocenters. The lowest BCUT2D eigenvalue weighted by atomic mass is 9.64. The molecular weight excluding hydrogens is 834 g/mol. The van der Waals surface area contributed by atoms with E-state index in [1.807, 2.05) is 25.5 Å². The Morgan fingerprint density at radius 3 is 1.40 bits per heavy atom. The van der Waals surface area contributed by atoms with Crippen molar-refractivity contribution in [1.82, 2.24) is 15.0 Å². The summed E-state index contributed by atoms with van der Waals surface area (Å²) in [6.07, 6.45) is 4.98. The van der Waals surface area contributed by atoms with Gasteiger partial charge in [-0.05, 0) is 117 Å². The van der Waals surface area contributed by atoms with E-state index >= 15 is 0 Å². The second-order valence-corrected chi connectivity index (χ2v) is 22.3. The van der Waals surface area contributed by atoms with Crippen LogP contribution in [0.25, 0.3) is 89.1 Å². The molecule has 0 spiro atoms. The van der Waals surface area contributed by atoms with Crippen molar-refractivity contribution >= 4 is 34.0 Å². The highest BCUT2D eigenvalue weighted by atomic mass is 31.2. The van der Waals surface area contributed by atoms with Gasteiger partial charge in [0.05, 0.1) is 0 Å². The van der Waals surface area contributed by atoms with E-state index in [-0.39, 0.29) is 5.41 Å². The second-order valence-electron chi connectivity index (χ2n) is 19.1. The number of nitrogens with zero attached hydrogens (tertiary/aromatic N) is 3. The SMILES string of the molecule is CP(C)(=O)c1ccc(-c2ccc(C3(c4ccc(-c5nc(-c6cccc(-c7ccccc7)c6)nc(-c6c7ccccc7c(-c7ccccc7)c7ccccc67)n5)cc4)CC4CCC3C4)cc2)cc1. The summed E-state index contributed by atoms with van der Waals surface area (Å²) < 4.78 is 12.7. The van der Waals surface area contributed by atoms with E-state index in [1.54, 1.807) is 0 Å². The summed E-state index contributed by atoms with van der Waals surface area (Å²) in [5.41, 5.74) is 12.6. The second kappa shape index (κ2) is 16.6. The summed E-state index contributed by atoms with van der Waals surface area (Å²) in [4.78, 5) is 16.2. The van der Waals surface area contributed by atoms with Gasteiger partial charge in [-0.1, -0.05) is 207 Å². The van der Waals surface area contributed by atoms with Crippen molar-refractivity contribution in [3.8, 4) is 67.5 Å². The third-order valence-corrected chi connectivity index (χ3v) is 16.4. The molecule has 5 heteroatoms. The van der Waals surface area contributed by atoms with Crippen LogP contribution in [0.3, 0.4) is 0 Å². The van der Waals surface area contributed by atoms with Crippen LogP contribution >= 0.6 is 7.14 Å². The van der Waals surface area contributed by atoms with E-state index in [2.05, 4.69) is 194 Å². The predicted molar refractivity (Wildman–Crippen MR) is 279 cm³/mol. The van der Waals surface area contributed by atoms with E-state index in [0.29, 0.717) is 23.4 Å². The number of rotatable bonds is 9. The van der Waals surface area contributed by atoms with Crippen LogP contribution in [0, 0.1) is 11.8 Å². The highest BCUT2D eigenvalue weighted by Gasteiger charge is 2.52. The van der Waals surface area contributed by atoms with Gasteiger partial charge in [-0.3, -0.25) is 0 Å². The van der Waals surface area contributed by atoms with Crippen molar-refractivity contribution in [3.05, 3.63) is 217 Å². The Labute approximate surface area is 392 Å². The fourth-order valence-electron chi connectivity index (χ4n) is 11.6. The Kier molecular flexibility index (Phi) is 10.2. The van der Waals surface area contributed by atoms with Gasteiger partial charge in [-0.25, -0.2) is 15.0 Å². The van der Waals surface area contributed by atoms with Gasteiger partial charge in [-0.15, -0.1) is 0 Å². The van der Waals surface area contributed by atoms with Crippen LogP contribution in [-0.2, 0) is 9.98 Å². The highest BCUT2D eigenvalue weighted by molar-refractivity contribution is 7.70. The molecule has 10 aromatic rings. The summed E-state index contributed by atoms with van der Waals surface area (Å²) in [6, 6.07) is 73.9. The van der Waals surface area contributed by atoms with Crippen LogP contribution in [0.4, 0.5) is 0 Å². The van der Waals surface area contributed by atoms with Crippen molar-refractivity contribution < 1.29 is 4.57 Å². The molecule has 0 amide bonds. The van der Waals surface area contributed by atoms with Crippen molar-refractivity contribution in [2.75, 3.05) is 13.3 Å². The molecule has 9 aromatic carbocycles. The normalized spacial score (nSPS) is 17.9. The molecule has 1 aromatic heterocycles. The van der Waals surface area contributed by atoms with Crippen molar-refractivity contribution in [3.63, 3.8) is 0 Å². The lowest BCUT2D eigenvalue weighted by molar-refractivity contribution is 0.320. The molecule has 0 saturated heterocycles. The molecule has 2 aliphatic rings. The lowest BCUT2D eigenvalue weighted by Gasteiger charge is -2.39. The van der Waals surface area contributed by atoms with Gasteiger partial charge in [0.25, 0.3) is 0 Å². The van der Waals surface area contributed by atoms with Crippen molar-refractivity contribution in [2.45, 2.75) is 31.1 Å². The van der Waals surface area contributed by atoms with Gasteiger partial charge < -0.3 is 4.57 Å². The topological polar surface area (TPSA) is 55.7 Å². The summed E-state index contributed by atoms with van der Waals surface area (Å²) in [7, 11) is -2.31. The summed E-state index contributed by atoms with van der Waals surface area (Å²) >= 11 is 0. The zero-order valence-electron chi connectivity index (χ0n) is 37.8. The van der Waals surface area contributed by atoms with Gasteiger partial charge in [0.2, 0.25) is 0 Å². The first kappa shape index (κ1) is 41.2. The average Bonchev–Trinajstić information content (AvgIpc) is 4.01. The zero-order chi connectivity index (χ0) is 45.1. The molecule has 0 N–H and O–H groups in total. The van der Waals surface area contributed by atoms with Crippen LogP contribution < -0.4 is 5.30 Å². The van der Waals surface area contributed by atoms with Crippen LogP contribution in [0.2, 0.25) is 0 Å². The standard InChI is InChI=1S/C62H50N3OP/c1-67(2,66)52-36-29-44(30-37-52)43-25-32-49(33-26-43)62(40-41-24-31-51(62)38-41)50-34-27-46(28-35-50)59-63-60(48-19-13-18-47(39-48)42-14-5-3-6-15-42)65-61(64-59)58-55-22-11-9-20-53(55)57(45-16-7-4-8-17-45)54-21-10-12-23-56(54)58/h3-23,25-30,32-37,39,41,51H,24,31,38,40H2,1-2H3. The largest absolute Gasteiger partial charge is 0.319 e. The third kappa shape index (κ3) is 7.32. The van der Waals surface area contributed by atoms with E-state index < -0.39 is 7.14 Å². The highest BCUT2D eigenvalue weighted by Crippen LogP contribution is 2.60. The molecule has 3 atom stereocenters. The average molecular weight is 884 g/mol. The Balaban J connectivity index is 0.997. The molecule has 2 saturated carbocycles. The fourth-order valence-corrected chi connectivity index (χ4v) is 12.5. The maximum atomic E-state index is 12.7. The summed E-state index contributed by atoms with van der Waals surface area (Å²) in [6.45, 7) is 3.66. The number of benzene rings is 9. The van der Waals surface area contributed by atoms with E-state index in [4.69, 9.17) is 15.0 Å². The zero-order valence-corrected chi connectivity index (χ0v) is 38.7. The molecule has 4 nitrogen and oxygen atoms in total. The molecule has 2 fully saturated rings. The van der Waals surface area contributed by atoms with Gasteiger partial charge in [0, 0.05) is 27.4 Å². The smallest absolute Gasteiger partial charge is 0.165 e. The lowest BCUT2D eigenvalue weighted by Crippen LogP contribution is -2.34. The monoisotopic (exact) mass is 883 g/mol. The summed E-state index contributed by atoms with van der Waals surface area (Å²) in [5, 5.41) is 5.44. The first-order valence-electron chi connectivity index (χ1n) is 23.6.